The zero-order valence-electron chi connectivity index (χ0n) is 13.8. The van der Waals surface area contributed by atoms with Gasteiger partial charge in [0, 0.05) is 12.6 Å². The Hall–Kier alpha value is -1.73. The molecule has 130 valence electrons. The second-order valence-electron chi connectivity index (χ2n) is 6.45. The molecule has 2 aliphatic heterocycles. The Morgan fingerprint density at radius 2 is 1.79 bits per heavy atom. The van der Waals surface area contributed by atoms with E-state index >= 15 is 0 Å². The summed E-state index contributed by atoms with van der Waals surface area (Å²) >= 11 is 0. The number of nitrogens with zero attached hydrogens (tertiary/aromatic N) is 2. The number of carbonyl (C=O) groups excluding carboxylic acids is 2. The molecule has 2 heterocycles. The van der Waals surface area contributed by atoms with Crippen molar-refractivity contribution in [3.8, 4) is 0 Å². The van der Waals surface area contributed by atoms with Gasteiger partial charge in [0.15, 0.2) is 9.84 Å². The van der Waals surface area contributed by atoms with Crippen molar-refractivity contribution in [2.24, 2.45) is 0 Å². The molecule has 1 fully saturated rings. The lowest BCUT2D eigenvalue weighted by molar-refractivity contribution is 0.0495. The third-order valence-corrected chi connectivity index (χ3v) is 6.48. The van der Waals surface area contributed by atoms with Gasteiger partial charge in [-0.1, -0.05) is 25.5 Å². The Kier molecular flexibility index (Phi) is 4.73. The van der Waals surface area contributed by atoms with Gasteiger partial charge in [0.2, 0.25) is 0 Å². The van der Waals surface area contributed by atoms with Crippen molar-refractivity contribution in [3.05, 3.63) is 35.4 Å². The minimum atomic E-state index is -3.01. The van der Waals surface area contributed by atoms with E-state index in [1.54, 1.807) is 24.3 Å². The standard InChI is InChI=1S/C17H22N2O4S/c1-2-3-9-18(13-8-10-24(22,23)11-13)12-19-16(20)14-6-4-5-7-15(14)17(19)21/h4-7,13H,2-3,8-12H2,1H3. The van der Waals surface area contributed by atoms with Gasteiger partial charge in [0.25, 0.3) is 11.8 Å². The summed E-state index contributed by atoms with van der Waals surface area (Å²) in [5.74, 6) is -0.293. The second-order valence-corrected chi connectivity index (χ2v) is 8.68. The molecule has 0 aliphatic carbocycles. The maximum Gasteiger partial charge on any atom is 0.262 e. The van der Waals surface area contributed by atoms with E-state index in [4.69, 9.17) is 0 Å². The Bertz CT molecular complexity index is 725. The summed E-state index contributed by atoms with van der Waals surface area (Å²) in [5, 5.41) is 0. The van der Waals surface area contributed by atoms with E-state index in [2.05, 4.69) is 6.92 Å². The summed E-state index contributed by atoms with van der Waals surface area (Å²) in [7, 11) is -3.01. The summed E-state index contributed by atoms with van der Waals surface area (Å²) in [5.41, 5.74) is 0.856. The summed E-state index contributed by atoms with van der Waals surface area (Å²) in [6.45, 7) is 2.90. The quantitative estimate of drug-likeness (QED) is 0.728. The van der Waals surface area contributed by atoms with Gasteiger partial charge in [0.05, 0.1) is 29.3 Å². The SMILES string of the molecule is CCCCN(CN1C(=O)c2ccccc2C1=O)C1CCS(=O)(=O)C1. The first kappa shape index (κ1) is 17.1. The van der Waals surface area contributed by atoms with Gasteiger partial charge in [-0.15, -0.1) is 0 Å². The number of carbonyl (C=O) groups is 2. The van der Waals surface area contributed by atoms with Crippen LogP contribution in [0.2, 0.25) is 0 Å². The smallest absolute Gasteiger partial charge is 0.262 e. The minimum Gasteiger partial charge on any atom is -0.281 e. The van der Waals surface area contributed by atoms with Crippen LogP contribution in [0.25, 0.3) is 0 Å². The highest BCUT2D eigenvalue weighted by Gasteiger charge is 2.39. The zero-order chi connectivity index (χ0) is 17.3. The van der Waals surface area contributed by atoms with Crippen LogP contribution in [0.5, 0.6) is 0 Å². The Balaban J connectivity index is 1.78. The van der Waals surface area contributed by atoms with Gasteiger partial charge in [0.1, 0.15) is 0 Å². The molecule has 7 heteroatoms. The lowest BCUT2D eigenvalue weighted by Gasteiger charge is -2.31. The predicted molar refractivity (Wildman–Crippen MR) is 90.5 cm³/mol. The number of unbranched alkanes of at least 4 members (excludes halogenated alkanes) is 1. The van der Waals surface area contributed by atoms with Gasteiger partial charge in [-0.25, -0.2) is 8.42 Å². The molecule has 0 aromatic heterocycles. The lowest BCUT2D eigenvalue weighted by atomic mass is 10.1. The van der Waals surface area contributed by atoms with Crippen LogP contribution >= 0.6 is 0 Å². The highest BCUT2D eigenvalue weighted by molar-refractivity contribution is 7.91. The van der Waals surface area contributed by atoms with Crippen LogP contribution in [0.15, 0.2) is 24.3 Å². The molecule has 1 atom stereocenters. The maximum atomic E-state index is 12.5. The topological polar surface area (TPSA) is 74.8 Å². The first-order valence-electron chi connectivity index (χ1n) is 8.32. The van der Waals surface area contributed by atoms with Crippen LogP contribution in [-0.4, -0.2) is 60.8 Å². The molecule has 0 radical (unpaired) electrons. The number of fused-ring (bicyclic) bond motifs is 1. The van der Waals surface area contributed by atoms with E-state index in [1.807, 2.05) is 4.90 Å². The fraction of sp³-hybridized carbons (Fsp3) is 0.529. The van der Waals surface area contributed by atoms with Gasteiger partial charge < -0.3 is 0 Å². The number of hydrogen-bond donors (Lipinski definition) is 0. The van der Waals surface area contributed by atoms with E-state index in [9.17, 15) is 18.0 Å². The molecule has 0 spiro atoms. The number of imide groups is 1. The third-order valence-electron chi connectivity index (χ3n) is 4.72. The molecule has 3 rings (SSSR count). The molecular formula is C17H22N2O4S. The molecule has 6 nitrogen and oxygen atoms in total. The number of benzene rings is 1. The number of hydrogen-bond acceptors (Lipinski definition) is 5. The molecule has 0 N–H and O–H groups in total. The van der Waals surface area contributed by atoms with Crippen LogP contribution in [0.3, 0.4) is 0 Å². The molecule has 2 aliphatic rings. The molecule has 0 saturated carbocycles. The third kappa shape index (κ3) is 3.23. The van der Waals surface area contributed by atoms with Crippen molar-refractivity contribution in [1.29, 1.82) is 0 Å². The molecule has 1 aromatic rings. The molecule has 1 aromatic carbocycles. The fourth-order valence-corrected chi connectivity index (χ4v) is 5.10. The lowest BCUT2D eigenvalue weighted by Crippen LogP contribution is -2.46. The van der Waals surface area contributed by atoms with Gasteiger partial charge >= 0.3 is 0 Å². The molecule has 24 heavy (non-hydrogen) atoms. The van der Waals surface area contributed by atoms with E-state index < -0.39 is 9.84 Å². The van der Waals surface area contributed by atoms with Crippen molar-refractivity contribution < 1.29 is 18.0 Å². The summed E-state index contributed by atoms with van der Waals surface area (Å²) in [6.07, 6.45) is 2.44. The average molecular weight is 350 g/mol. The van der Waals surface area contributed by atoms with Crippen molar-refractivity contribution in [2.75, 3.05) is 24.7 Å². The van der Waals surface area contributed by atoms with Crippen LogP contribution in [0.4, 0.5) is 0 Å². The van der Waals surface area contributed by atoms with E-state index in [0.717, 1.165) is 12.8 Å². The van der Waals surface area contributed by atoms with Gasteiger partial charge in [-0.2, -0.15) is 0 Å². The van der Waals surface area contributed by atoms with Crippen molar-refractivity contribution in [2.45, 2.75) is 32.2 Å². The number of rotatable bonds is 6. The van der Waals surface area contributed by atoms with Crippen LogP contribution in [0, 0.1) is 0 Å². The number of sulfone groups is 1. The molecular weight excluding hydrogens is 328 g/mol. The van der Waals surface area contributed by atoms with Crippen LogP contribution in [0.1, 0.15) is 46.9 Å². The summed E-state index contributed by atoms with van der Waals surface area (Å²) in [6, 6.07) is 6.68. The molecule has 1 saturated heterocycles. The van der Waals surface area contributed by atoms with E-state index in [0.29, 0.717) is 24.1 Å². The largest absolute Gasteiger partial charge is 0.281 e. The Labute approximate surface area is 142 Å². The highest BCUT2D eigenvalue weighted by Crippen LogP contribution is 2.25. The Morgan fingerprint density at radius 3 is 2.29 bits per heavy atom. The monoisotopic (exact) mass is 350 g/mol. The minimum absolute atomic E-state index is 0.111. The zero-order valence-corrected chi connectivity index (χ0v) is 14.6. The van der Waals surface area contributed by atoms with Crippen molar-refractivity contribution in [1.82, 2.24) is 9.80 Å². The summed E-state index contributed by atoms with van der Waals surface area (Å²) in [4.78, 5) is 28.3. The highest BCUT2D eigenvalue weighted by atomic mass is 32.2. The fourth-order valence-electron chi connectivity index (χ4n) is 3.34. The normalized spacial score (nSPS) is 22.4. The van der Waals surface area contributed by atoms with E-state index in [-0.39, 0.29) is 36.0 Å². The van der Waals surface area contributed by atoms with Crippen molar-refractivity contribution in [3.63, 3.8) is 0 Å². The van der Waals surface area contributed by atoms with Crippen LogP contribution in [-0.2, 0) is 9.84 Å². The predicted octanol–water partition coefficient (Wildman–Crippen LogP) is 1.53. The van der Waals surface area contributed by atoms with Crippen LogP contribution < -0.4 is 0 Å². The van der Waals surface area contributed by atoms with Crippen molar-refractivity contribution >= 4 is 21.7 Å². The molecule has 1 unspecified atom stereocenters. The second kappa shape index (κ2) is 6.64. The molecule has 2 amide bonds. The average Bonchev–Trinajstić information content (AvgIpc) is 3.04. The number of amides is 2. The first-order chi connectivity index (χ1) is 11.4. The molecule has 0 bridgehead atoms. The summed E-state index contributed by atoms with van der Waals surface area (Å²) < 4.78 is 23.6. The van der Waals surface area contributed by atoms with Gasteiger partial charge in [-0.05, 0) is 25.0 Å². The van der Waals surface area contributed by atoms with E-state index in [1.165, 1.54) is 4.90 Å². The van der Waals surface area contributed by atoms with Gasteiger partial charge in [-0.3, -0.25) is 19.4 Å². The maximum absolute atomic E-state index is 12.5. The Morgan fingerprint density at radius 1 is 1.17 bits per heavy atom. The first-order valence-corrected chi connectivity index (χ1v) is 10.1.